The van der Waals surface area contributed by atoms with Crippen molar-refractivity contribution in [1.29, 1.82) is 0 Å². The highest BCUT2D eigenvalue weighted by Gasteiger charge is 2.34. The standard InChI is InChI=1S/C27H41N5O6.C22H33N5O4.C15H28N2O3.C12H13N3O4/c1-27(2,3)38-26(36)31-14-8-22(9-15-31)37-21-6-12-29(13-7-21)17-18-30-11-4-5-20(24(30)34)19-32-16-10-23(33)28-25(32)35;28-20-7-13-27(22(30)24-20)16-17-2-1-10-26(21(17)29)15-14-25-11-5-19(6-12-25)31-18-3-8-23-9-4-18;1-15(2,3)20-14(18)17-10-6-13(7-11-17)19-12-4-8-16-9-5-12;16-7-6-14-4-1-2-9(11(14)18)8-15-5-3-10(17)13-12(15)19/h4-5,11,21-22H,6-10,12-19H2,1-3H3,(H,28,33,35);1-2,10,18-19,23H,3-9,11-16H2,(H,24,28,30);12-13,16H,4-11H2,1-3H3;1-2,4,7H,3,5-6,8H2,(H,13,17,19). The predicted molar refractivity (Wildman–Crippen MR) is 399 cm³/mol. The van der Waals surface area contributed by atoms with Crippen LogP contribution < -0.4 is 43.3 Å². The molecule has 0 bridgehead atoms. The second-order valence-electron chi connectivity index (χ2n) is 31.0. The van der Waals surface area contributed by atoms with Gasteiger partial charge in [-0.25, -0.2) is 24.0 Å². The number of nitrogens with one attached hydrogen (secondary N) is 5. The molecule has 5 N–H and O–H groups in total. The Kier molecular flexibility index (Phi) is 31.6. The van der Waals surface area contributed by atoms with Gasteiger partial charge < -0.3 is 87.1 Å². The topological polar surface area (TPSA) is 349 Å². The van der Waals surface area contributed by atoms with Crippen LogP contribution in [-0.2, 0) is 82.1 Å². The smallest absolute Gasteiger partial charge is 0.410 e. The summed E-state index contributed by atoms with van der Waals surface area (Å²) in [5.41, 5.74) is 0.142. The number of hydrogen-bond acceptors (Lipinski definition) is 21. The summed E-state index contributed by atoms with van der Waals surface area (Å²) in [6.45, 7) is 26.4. The van der Waals surface area contributed by atoms with E-state index in [0.29, 0.717) is 86.7 Å². The average Bonchev–Trinajstić information content (AvgIpc) is 0.846. The Morgan fingerprint density at radius 1 is 0.398 bits per heavy atom. The van der Waals surface area contributed by atoms with E-state index in [4.69, 9.17) is 23.7 Å². The number of imide groups is 3. The predicted octanol–water partition coefficient (Wildman–Crippen LogP) is 4.34. The molecule has 0 unspecified atom stereocenters. The lowest BCUT2D eigenvalue weighted by Crippen LogP contribution is -2.49. The summed E-state index contributed by atoms with van der Waals surface area (Å²) >= 11 is 0. The van der Waals surface area contributed by atoms with Crippen LogP contribution in [0.5, 0.6) is 0 Å². The minimum atomic E-state index is -0.499. The molecule has 9 aliphatic rings. The first kappa shape index (κ1) is 83.6. The van der Waals surface area contributed by atoms with Crippen LogP contribution in [-0.4, -0.2) is 261 Å². The maximum atomic E-state index is 13.0. The van der Waals surface area contributed by atoms with Gasteiger partial charge in [-0.3, -0.25) is 44.7 Å². The number of nitrogens with zero attached hydrogens (tertiary/aromatic N) is 10. The number of urea groups is 3. The third-order valence-electron chi connectivity index (χ3n) is 20.4. The van der Waals surface area contributed by atoms with Gasteiger partial charge in [0, 0.05) is 153 Å². The summed E-state index contributed by atoms with van der Waals surface area (Å²) in [6, 6.07) is 9.05. The highest BCUT2D eigenvalue weighted by molar-refractivity contribution is 5.97. The largest absolute Gasteiger partial charge is 0.444 e. The Labute approximate surface area is 632 Å². The molecule has 32 nitrogen and oxygen atoms in total. The zero-order chi connectivity index (χ0) is 77.3. The van der Waals surface area contributed by atoms with E-state index in [0.717, 1.165) is 156 Å². The first-order valence-electron chi connectivity index (χ1n) is 38.7. The molecule has 3 aromatic rings. The first-order valence-corrected chi connectivity index (χ1v) is 38.7. The molecule has 596 valence electrons. The van der Waals surface area contributed by atoms with Crippen LogP contribution in [0.1, 0.15) is 155 Å². The van der Waals surface area contributed by atoms with E-state index in [1.54, 1.807) is 55.6 Å². The molecule has 9 aliphatic heterocycles. The molecule has 0 radical (unpaired) electrons. The molecule has 12 heterocycles. The Morgan fingerprint density at radius 2 is 0.685 bits per heavy atom. The molecule has 0 spiro atoms. The third-order valence-corrected chi connectivity index (χ3v) is 20.4. The van der Waals surface area contributed by atoms with Crippen LogP contribution >= 0.6 is 0 Å². The monoisotopic (exact) mass is 1510 g/mol. The molecule has 3 aromatic heterocycles. The number of likely N-dealkylation sites (tertiary alicyclic amines) is 4. The average molecular weight is 1510 g/mol. The second kappa shape index (κ2) is 40.9. The van der Waals surface area contributed by atoms with Gasteiger partial charge in [0.2, 0.25) is 17.7 Å². The van der Waals surface area contributed by atoms with E-state index in [-0.39, 0.29) is 111 Å². The van der Waals surface area contributed by atoms with Gasteiger partial charge in [0.1, 0.15) is 17.5 Å². The number of aldehydes is 1. The number of amides is 11. The van der Waals surface area contributed by atoms with Crippen molar-refractivity contribution in [3.8, 4) is 0 Å². The fourth-order valence-corrected chi connectivity index (χ4v) is 14.3. The number of rotatable bonds is 20. The number of aromatic nitrogens is 3. The summed E-state index contributed by atoms with van der Waals surface area (Å²) in [5.74, 6) is -0.862. The summed E-state index contributed by atoms with van der Waals surface area (Å²) in [5, 5.41) is 13.5. The lowest BCUT2D eigenvalue weighted by atomic mass is 10.0. The Hall–Kier alpha value is -8.40. The number of carbonyl (C=O) groups excluding carboxylic acids is 9. The molecule has 0 aliphatic carbocycles. The van der Waals surface area contributed by atoms with Crippen molar-refractivity contribution in [1.82, 2.24) is 74.6 Å². The highest BCUT2D eigenvalue weighted by Crippen LogP contribution is 2.25. The summed E-state index contributed by atoms with van der Waals surface area (Å²) in [4.78, 5) is 154. The van der Waals surface area contributed by atoms with Crippen LogP contribution in [0.25, 0.3) is 0 Å². The molecule has 32 heteroatoms. The zero-order valence-electron chi connectivity index (χ0n) is 64.0. The zero-order valence-corrected chi connectivity index (χ0v) is 64.0. The van der Waals surface area contributed by atoms with Gasteiger partial charge in [-0.15, -0.1) is 0 Å². The van der Waals surface area contributed by atoms with Crippen molar-refractivity contribution in [2.75, 3.05) is 111 Å². The normalized spacial score (nSPS) is 20.4. The van der Waals surface area contributed by atoms with E-state index in [1.807, 2.05) is 53.7 Å². The molecule has 0 saturated carbocycles. The quantitative estimate of drug-likeness (QED) is 0.0982. The molecule has 9 saturated heterocycles. The van der Waals surface area contributed by atoms with Crippen molar-refractivity contribution in [3.63, 3.8) is 0 Å². The molecular formula is C76H115N15O17. The maximum Gasteiger partial charge on any atom is 0.410 e. The van der Waals surface area contributed by atoms with Crippen LogP contribution in [0.4, 0.5) is 24.0 Å². The lowest BCUT2D eigenvalue weighted by molar-refractivity contribution is -0.122. The minimum absolute atomic E-state index is 0.0165. The van der Waals surface area contributed by atoms with Gasteiger partial charge in [-0.05, 0) is 163 Å². The number of hydrogen-bond donors (Lipinski definition) is 5. The first-order chi connectivity index (χ1) is 51.7. The summed E-state index contributed by atoms with van der Waals surface area (Å²) < 4.78 is 34.4. The van der Waals surface area contributed by atoms with Crippen molar-refractivity contribution in [3.05, 3.63) is 103 Å². The third kappa shape index (κ3) is 27.0. The van der Waals surface area contributed by atoms with Gasteiger partial charge in [0.25, 0.3) is 16.7 Å². The highest BCUT2D eigenvalue weighted by atomic mass is 16.6. The lowest BCUT2D eigenvalue weighted by Gasteiger charge is -2.37. The molecule has 108 heavy (non-hydrogen) atoms. The number of pyridine rings is 3. The maximum absolute atomic E-state index is 13.0. The van der Waals surface area contributed by atoms with Gasteiger partial charge in [-0.1, -0.05) is 18.2 Å². The van der Waals surface area contributed by atoms with E-state index >= 15 is 0 Å². The molecule has 9 fully saturated rings. The van der Waals surface area contributed by atoms with Gasteiger partial charge in [0.15, 0.2) is 0 Å². The number of carbonyl (C=O) groups is 9. The molecule has 12 rings (SSSR count). The fourth-order valence-electron chi connectivity index (χ4n) is 14.3. The van der Waals surface area contributed by atoms with Crippen molar-refractivity contribution >= 4 is 54.3 Å². The van der Waals surface area contributed by atoms with Crippen molar-refractivity contribution < 1.29 is 66.8 Å². The molecule has 11 amide bonds. The van der Waals surface area contributed by atoms with E-state index < -0.39 is 29.3 Å². The van der Waals surface area contributed by atoms with Crippen molar-refractivity contribution in [2.45, 2.75) is 225 Å². The fraction of sp³-hybridized carbons (Fsp3) is 0.684. The van der Waals surface area contributed by atoms with Crippen molar-refractivity contribution in [2.24, 2.45) is 0 Å². The number of piperidine rings is 6. The molecule has 0 aromatic carbocycles. The molecular weight excluding hydrogens is 1390 g/mol. The summed E-state index contributed by atoms with van der Waals surface area (Å²) in [7, 11) is 0. The Balaban J connectivity index is 0.000000173. The Morgan fingerprint density at radius 3 is 0.981 bits per heavy atom. The van der Waals surface area contributed by atoms with Gasteiger partial charge in [-0.2, -0.15) is 0 Å². The van der Waals surface area contributed by atoms with E-state index in [1.165, 1.54) is 25.5 Å². The van der Waals surface area contributed by atoms with E-state index in [2.05, 4.69) is 36.4 Å². The van der Waals surface area contributed by atoms with Crippen LogP contribution in [0.3, 0.4) is 0 Å². The SMILES string of the molecule is CC(C)(C)OC(=O)N1CCC(OC2CCN(CCn3cccc(CN4CCC(=O)NC4=O)c3=O)CC2)CC1.CC(C)(C)OC(=O)N1CCC(OC2CCNCC2)CC1.O=C1CCN(Cc2cccn(CCN3CCC(OC4CCNCC4)CC3)c2=O)C(=O)N1.O=CCn1cccc(CN2CCC(=O)NC2=O)c1=O. The van der Waals surface area contributed by atoms with Crippen LogP contribution in [0, 0.1) is 0 Å². The van der Waals surface area contributed by atoms with Crippen LogP contribution in [0.2, 0.25) is 0 Å². The van der Waals surface area contributed by atoms with E-state index in [9.17, 15) is 57.5 Å². The van der Waals surface area contributed by atoms with Crippen LogP contribution in [0.15, 0.2) is 69.4 Å². The second-order valence-corrected chi connectivity index (χ2v) is 31.0. The minimum Gasteiger partial charge on any atom is -0.444 e. The van der Waals surface area contributed by atoms with Gasteiger partial charge >= 0.3 is 30.3 Å². The number of ether oxygens (including phenoxy) is 5. The Bertz CT molecular complexity index is 3680. The summed E-state index contributed by atoms with van der Waals surface area (Å²) in [6.07, 6.45) is 19.8. The molecule has 0 atom stereocenters. The van der Waals surface area contributed by atoms with Gasteiger partial charge in [0.05, 0.1) is 62.8 Å².